The van der Waals surface area contributed by atoms with Crippen LogP contribution in [-0.2, 0) is 4.74 Å². The van der Waals surface area contributed by atoms with Crippen molar-refractivity contribution in [3.8, 4) is 29.4 Å². The van der Waals surface area contributed by atoms with Gasteiger partial charge in [0.1, 0.15) is 11.5 Å². The molecule has 20 heavy (non-hydrogen) atoms. The highest BCUT2D eigenvalue weighted by Crippen LogP contribution is 2.32. The van der Waals surface area contributed by atoms with Crippen molar-refractivity contribution in [1.82, 2.24) is 0 Å². The summed E-state index contributed by atoms with van der Waals surface area (Å²) in [6.07, 6.45) is 5.02. The predicted octanol–water partition coefficient (Wildman–Crippen LogP) is 2.33. The summed E-state index contributed by atoms with van der Waals surface area (Å²) in [6, 6.07) is 8.32. The Labute approximate surface area is 116 Å². The molecule has 0 spiro atoms. The van der Waals surface area contributed by atoms with Crippen molar-refractivity contribution in [3.05, 3.63) is 36.1 Å². The first kappa shape index (κ1) is 13.6. The fraction of sp³-hybridized carbons (Fsp3) is 0.133. The van der Waals surface area contributed by atoms with Gasteiger partial charge in [0.05, 0.1) is 12.7 Å². The second-order valence-corrected chi connectivity index (χ2v) is 3.90. The van der Waals surface area contributed by atoms with Crippen LogP contribution >= 0.6 is 0 Å². The first-order valence-electron chi connectivity index (χ1n) is 5.80. The van der Waals surface area contributed by atoms with E-state index in [1.165, 1.54) is 13.2 Å². The van der Waals surface area contributed by atoms with E-state index >= 15 is 0 Å². The van der Waals surface area contributed by atoms with E-state index in [4.69, 9.17) is 26.0 Å². The van der Waals surface area contributed by atoms with Gasteiger partial charge in [-0.3, -0.25) is 0 Å². The molecular weight excluding hydrogens is 258 g/mol. The molecule has 0 radical (unpaired) electrons. The molecule has 1 heterocycles. The van der Waals surface area contributed by atoms with Gasteiger partial charge in [-0.2, -0.15) is 0 Å². The zero-order valence-corrected chi connectivity index (χ0v) is 10.9. The van der Waals surface area contributed by atoms with Gasteiger partial charge in [-0.15, -0.1) is 6.42 Å². The number of hydrogen-bond acceptors (Lipinski definition) is 5. The third kappa shape index (κ3) is 2.75. The quantitative estimate of drug-likeness (QED) is 0.524. The van der Waals surface area contributed by atoms with Gasteiger partial charge in [-0.05, 0) is 24.3 Å². The van der Waals surface area contributed by atoms with Crippen LogP contribution in [-0.4, -0.2) is 19.7 Å². The van der Waals surface area contributed by atoms with E-state index in [2.05, 4.69) is 5.92 Å². The summed E-state index contributed by atoms with van der Waals surface area (Å²) in [5.41, 5.74) is 6.95. The Bertz CT molecular complexity index is 667. The second-order valence-electron chi connectivity index (χ2n) is 3.90. The highest BCUT2D eigenvalue weighted by Gasteiger charge is 2.15. The first-order chi connectivity index (χ1) is 9.65. The van der Waals surface area contributed by atoms with Gasteiger partial charge in [0.15, 0.2) is 6.61 Å². The molecule has 1 aromatic carbocycles. The fourth-order valence-corrected chi connectivity index (χ4v) is 1.68. The van der Waals surface area contributed by atoms with E-state index < -0.39 is 5.97 Å². The number of methoxy groups -OCH3 is 1. The highest BCUT2D eigenvalue weighted by molar-refractivity contribution is 5.87. The SMILES string of the molecule is C#CCOC(=O)c1ccc(-c2ccc(N)cc2OC)o1. The van der Waals surface area contributed by atoms with Gasteiger partial charge < -0.3 is 19.6 Å². The number of anilines is 1. The fourth-order valence-electron chi connectivity index (χ4n) is 1.68. The minimum absolute atomic E-state index is 0.0779. The smallest absolute Gasteiger partial charge is 0.375 e. The molecule has 2 rings (SSSR count). The summed E-state index contributed by atoms with van der Waals surface area (Å²) in [5, 5.41) is 0. The van der Waals surface area contributed by atoms with E-state index in [9.17, 15) is 4.79 Å². The molecule has 0 aliphatic rings. The van der Waals surface area contributed by atoms with E-state index in [1.807, 2.05) is 0 Å². The molecule has 0 bridgehead atoms. The van der Waals surface area contributed by atoms with Crippen molar-refractivity contribution < 1.29 is 18.7 Å². The molecule has 5 nitrogen and oxygen atoms in total. The summed E-state index contributed by atoms with van der Waals surface area (Å²) in [7, 11) is 1.53. The van der Waals surface area contributed by atoms with Crippen LogP contribution in [0.4, 0.5) is 5.69 Å². The van der Waals surface area contributed by atoms with Gasteiger partial charge in [-0.25, -0.2) is 4.79 Å². The molecule has 2 aromatic rings. The maximum Gasteiger partial charge on any atom is 0.375 e. The van der Waals surface area contributed by atoms with Gasteiger partial charge in [0, 0.05) is 11.8 Å². The van der Waals surface area contributed by atoms with Crippen molar-refractivity contribution in [1.29, 1.82) is 0 Å². The Morgan fingerprint density at radius 2 is 2.20 bits per heavy atom. The normalized spacial score (nSPS) is 9.80. The van der Waals surface area contributed by atoms with Gasteiger partial charge in [0.2, 0.25) is 5.76 Å². The molecule has 0 atom stereocenters. The molecule has 1 aromatic heterocycles. The van der Waals surface area contributed by atoms with Crippen LogP contribution < -0.4 is 10.5 Å². The number of furan rings is 1. The molecule has 0 fully saturated rings. The molecular formula is C15H13NO4. The van der Waals surface area contributed by atoms with Crippen LogP contribution in [0.1, 0.15) is 10.6 Å². The maximum atomic E-state index is 11.6. The number of ether oxygens (including phenoxy) is 2. The number of nitrogen functional groups attached to an aromatic ring is 1. The molecule has 0 saturated heterocycles. The van der Waals surface area contributed by atoms with E-state index in [-0.39, 0.29) is 12.4 Å². The lowest BCUT2D eigenvalue weighted by molar-refractivity contribution is 0.0521. The Hall–Kier alpha value is -2.87. The zero-order chi connectivity index (χ0) is 14.5. The molecule has 0 aliphatic heterocycles. The van der Waals surface area contributed by atoms with E-state index in [0.717, 1.165) is 0 Å². The van der Waals surface area contributed by atoms with Crippen LogP contribution in [0.2, 0.25) is 0 Å². The van der Waals surface area contributed by atoms with Crippen LogP contribution in [0.15, 0.2) is 34.7 Å². The lowest BCUT2D eigenvalue weighted by atomic mass is 10.1. The number of hydrogen-bond donors (Lipinski definition) is 1. The number of carbonyl (C=O) groups is 1. The van der Waals surface area contributed by atoms with Crippen molar-refractivity contribution >= 4 is 11.7 Å². The van der Waals surface area contributed by atoms with Gasteiger partial charge in [-0.1, -0.05) is 5.92 Å². The Kier molecular flexibility index (Phi) is 3.96. The Morgan fingerprint density at radius 1 is 1.40 bits per heavy atom. The van der Waals surface area contributed by atoms with Crippen molar-refractivity contribution in [2.75, 3.05) is 19.5 Å². The average molecular weight is 271 g/mol. The summed E-state index contributed by atoms with van der Waals surface area (Å²) >= 11 is 0. The van der Waals surface area contributed by atoms with Crippen LogP contribution in [0.25, 0.3) is 11.3 Å². The minimum atomic E-state index is -0.608. The monoisotopic (exact) mass is 271 g/mol. The molecule has 2 N–H and O–H groups in total. The lowest BCUT2D eigenvalue weighted by Gasteiger charge is -2.06. The molecule has 0 amide bonds. The number of esters is 1. The number of nitrogens with two attached hydrogens (primary N) is 1. The Balaban J connectivity index is 2.29. The topological polar surface area (TPSA) is 74.7 Å². The van der Waals surface area contributed by atoms with Crippen molar-refractivity contribution in [2.45, 2.75) is 0 Å². The second kappa shape index (κ2) is 5.85. The average Bonchev–Trinajstić information content (AvgIpc) is 2.94. The summed E-state index contributed by atoms with van der Waals surface area (Å²) in [4.78, 5) is 11.6. The number of carbonyl (C=O) groups excluding carboxylic acids is 1. The molecule has 5 heteroatoms. The van der Waals surface area contributed by atoms with Crippen LogP contribution in [0, 0.1) is 12.3 Å². The highest BCUT2D eigenvalue weighted by atomic mass is 16.5. The molecule has 0 aliphatic carbocycles. The largest absolute Gasteiger partial charge is 0.496 e. The van der Waals surface area contributed by atoms with Crippen molar-refractivity contribution in [2.24, 2.45) is 0 Å². The van der Waals surface area contributed by atoms with Crippen molar-refractivity contribution in [3.63, 3.8) is 0 Å². The Morgan fingerprint density at radius 3 is 2.90 bits per heavy atom. The summed E-state index contributed by atoms with van der Waals surface area (Å²) in [6.45, 7) is -0.0972. The van der Waals surface area contributed by atoms with E-state index in [1.54, 1.807) is 24.3 Å². The number of benzene rings is 1. The zero-order valence-electron chi connectivity index (χ0n) is 10.9. The standard InChI is InChI=1S/C15H13NO4/c1-3-8-19-15(17)13-7-6-12(20-13)11-5-4-10(16)9-14(11)18-2/h1,4-7,9H,8,16H2,2H3. The summed E-state index contributed by atoms with van der Waals surface area (Å²) in [5.74, 6) is 2.72. The molecule has 0 unspecified atom stereocenters. The molecule has 102 valence electrons. The van der Waals surface area contributed by atoms with Crippen LogP contribution in [0.3, 0.4) is 0 Å². The summed E-state index contributed by atoms with van der Waals surface area (Å²) < 4.78 is 15.5. The molecule has 0 saturated carbocycles. The lowest BCUT2D eigenvalue weighted by Crippen LogP contribution is -2.03. The third-order valence-corrected chi connectivity index (χ3v) is 2.58. The van der Waals surface area contributed by atoms with Gasteiger partial charge >= 0.3 is 5.97 Å². The minimum Gasteiger partial charge on any atom is -0.496 e. The van der Waals surface area contributed by atoms with Crippen LogP contribution in [0.5, 0.6) is 5.75 Å². The predicted molar refractivity (Wildman–Crippen MR) is 74.2 cm³/mol. The first-order valence-corrected chi connectivity index (χ1v) is 5.80. The van der Waals surface area contributed by atoms with E-state index in [0.29, 0.717) is 22.8 Å². The maximum absolute atomic E-state index is 11.6. The third-order valence-electron chi connectivity index (χ3n) is 2.58. The number of rotatable bonds is 4. The van der Waals surface area contributed by atoms with Gasteiger partial charge in [0.25, 0.3) is 0 Å². The number of terminal acetylenes is 1.